The fourth-order valence-corrected chi connectivity index (χ4v) is 3.39. The maximum absolute atomic E-state index is 11.6. The van der Waals surface area contributed by atoms with Gasteiger partial charge in [0.1, 0.15) is 0 Å². The van der Waals surface area contributed by atoms with Gasteiger partial charge in [-0.2, -0.15) is 0 Å². The Kier molecular flexibility index (Phi) is 3.94. The maximum atomic E-state index is 11.6. The Morgan fingerprint density at radius 3 is 2.46 bits per heavy atom. The molecule has 0 aromatic carbocycles. The largest absolute Gasteiger partial charge is 0.214 e. The molecule has 0 atom stereocenters. The zero-order valence-corrected chi connectivity index (χ0v) is 9.83. The van der Waals surface area contributed by atoms with E-state index in [9.17, 15) is 8.42 Å². The highest BCUT2D eigenvalue weighted by Crippen LogP contribution is 2.23. The van der Waals surface area contributed by atoms with Crippen LogP contribution in [0, 0.1) is 0 Å². The Labute approximate surface area is 87.8 Å². The summed E-state index contributed by atoms with van der Waals surface area (Å²) >= 11 is 3.11. The van der Waals surface area contributed by atoms with Crippen LogP contribution in [0.4, 0.5) is 0 Å². The number of rotatable bonds is 4. The molecular formula is C8H14BrNO2S. The molecule has 76 valence electrons. The lowest BCUT2D eigenvalue weighted by Gasteiger charge is -2.11. The lowest BCUT2D eigenvalue weighted by atomic mass is 10.4. The number of nitrogens with one attached hydrogen (secondary N) is 1. The third-order valence-electron chi connectivity index (χ3n) is 2.21. The molecule has 5 heteroatoms. The summed E-state index contributed by atoms with van der Waals surface area (Å²) in [5, 5.41) is -0.181. The van der Waals surface area contributed by atoms with Gasteiger partial charge in [-0.05, 0) is 12.8 Å². The zero-order valence-electron chi connectivity index (χ0n) is 7.42. The second kappa shape index (κ2) is 4.57. The highest BCUT2D eigenvalue weighted by atomic mass is 79.9. The van der Waals surface area contributed by atoms with Crippen LogP contribution in [-0.4, -0.2) is 20.2 Å². The Hall–Kier alpha value is 0.130. The highest BCUT2D eigenvalue weighted by molar-refractivity contribution is 9.11. The Bertz CT molecular complexity index is 281. The minimum absolute atomic E-state index is 0.181. The molecular weight excluding hydrogens is 254 g/mol. The minimum atomic E-state index is -3.10. The van der Waals surface area contributed by atoms with Crippen LogP contribution >= 0.6 is 15.9 Å². The molecule has 0 bridgehead atoms. The van der Waals surface area contributed by atoms with Crippen LogP contribution in [-0.2, 0) is 10.0 Å². The van der Waals surface area contributed by atoms with Gasteiger partial charge in [-0.1, -0.05) is 35.4 Å². The van der Waals surface area contributed by atoms with E-state index in [-0.39, 0.29) is 5.25 Å². The Morgan fingerprint density at radius 1 is 1.46 bits per heavy atom. The van der Waals surface area contributed by atoms with Gasteiger partial charge in [-0.3, -0.25) is 0 Å². The van der Waals surface area contributed by atoms with Crippen LogP contribution in [0.15, 0.2) is 11.1 Å². The standard InChI is InChI=1S/C8H14BrNO2S/c1-7(9)6-10-13(11,12)8-4-2-3-5-8/h8,10H,1-6H2. The van der Waals surface area contributed by atoms with E-state index in [1.807, 2.05) is 0 Å². The third kappa shape index (κ3) is 3.40. The van der Waals surface area contributed by atoms with Gasteiger partial charge in [0.2, 0.25) is 10.0 Å². The van der Waals surface area contributed by atoms with Gasteiger partial charge in [-0.25, -0.2) is 13.1 Å². The summed E-state index contributed by atoms with van der Waals surface area (Å²) in [5.41, 5.74) is 0. The van der Waals surface area contributed by atoms with Gasteiger partial charge in [0.25, 0.3) is 0 Å². The van der Waals surface area contributed by atoms with Crippen molar-refractivity contribution in [3.8, 4) is 0 Å². The fourth-order valence-electron chi connectivity index (χ4n) is 1.50. The highest BCUT2D eigenvalue weighted by Gasteiger charge is 2.27. The van der Waals surface area contributed by atoms with Crippen molar-refractivity contribution in [3.63, 3.8) is 0 Å². The van der Waals surface area contributed by atoms with Crippen molar-refractivity contribution >= 4 is 26.0 Å². The molecule has 0 amide bonds. The lowest BCUT2D eigenvalue weighted by molar-refractivity contribution is 0.568. The van der Waals surface area contributed by atoms with Gasteiger partial charge < -0.3 is 0 Å². The molecule has 1 N–H and O–H groups in total. The van der Waals surface area contributed by atoms with Crippen LogP contribution in [0.2, 0.25) is 0 Å². The normalized spacial score (nSPS) is 19.2. The molecule has 0 aromatic rings. The molecule has 1 rings (SSSR count). The first kappa shape index (κ1) is 11.2. The summed E-state index contributed by atoms with van der Waals surface area (Å²) < 4.78 is 26.3. The number of halogens is 1. The average molecular weight is 268 g/mol. The summed E-state index contributed by atoms with van der Waals surface area (Å²) in [7, 11) is -3.10. The smallest absolute Gasteiger partial charge is 0.212 e. The molecule has 0 heterocycles. The summed E-state index contributed by atoms with van der Waals surface area (Å²) in [6.45, 7) is 3.87. The van der Waals surface area contributed by atoms with Crippen molar-refractivity contribution < 1.29 is 8.42 Å². The molecule has 1 aliphatic rings. The van der Waals surface area contributed by atoms with E-state index in [4.69, 9.17) is 0 Å². The van der Waals surface area contributed by atoms with Gasteiger partial charge in [0.15, 0.2) is 0 Å². The quantitative estimate of drug-likeness (QED) is 0.844. The predicted octanol–water partition coefficient (Wildman–Crippen LogP) is 1.76. The van der Waals surface area contributed by atoms with E-state index >= 15 is 0 Å². The number of hydrogen-bond donors (Lipinski definition) is 1. The molecule has 1 aliphatic carbocycles. The van der Waals surface area contributed by atoms with Gasteiger partial charge in [0, 0.05) is 11.0 Å². The van der Waals surface area contributed by atoms with Crippen LogP contribution in [0.5, 0.6) is 0 Å². The molecule has 1 saturated carbocycles. The van der Waals surface area contributed by atoms with Gasteiger partial charge >= 0.3 is 0 Å². The number of hydrogen-bond acceptors (Lipinski definition) is 2. The number of sulfonamides is 1. The topological polar surface area (TPSA) is 46.2 Å². The molecule has 13 heavy (non-hydrogen) atoms. The Balaban J connectivity index is 2.50. The zero-order chi connectivity index (χ0) is 9.90. The molecule has 0 radical (unpaired) electrons. The van der Waals surface area contributed by atoms with Crippen molar-refractivity contribution in [2.75, 3.05) is 6.54 Å². The first-order valence-corrected chi connectivity index (χ1v) is 6.68. The van der Waals surface area contributed by atoms with Crippen LogP contribution in [0.3, 0.4) is 0 Å². The predicted molar refractivity (Wildman–Crippen MR) is 57.2 cm³/mol. The fraction of sp³-hybridized carbons (Fsp3) is 0.750. The second-order valence-electron chi connectivity index (χ2n) is 3.29. The van der Waals surface area contributed by atoms with E-state index in [1.165, 1.54) is 0 Å². The lowest BCUT2D eigenvalue weighted by Crippen LogP contribution is -2.33. The van der Waals surface area contributed by atoms with Crippen molar-refractivity contribution in [3.05, 3.63) is 11.1 Å². The molecule has 0 aromatic heterocycles. The Morgan fingerprint density at radius 2 is 2.00 bits per heavy atom. The van der Waals surface area contributed by atoms with Crippen molar-refractivity contribution in [2.45, 2.75) is 30.9 Å². The van der Waals surface area contributed by atoms with Crippen molar-refractivity contribution in [2.24, 2.45) is 0 Å². The van der Waals surface area contributed by atoms with Gasteiger partial charge in [-0.15, -0.1) is 0 Å². The van der Waals surface area contributed by atoms with Crippen LogP contribution < -0.4 is 4.72 Å². The third-order valence-corrected chi connectivity index (χ3v) is 4.38. The summed E-state index contributed by atoms with van der Waals surface area (Å²) in [5.74, 6) is 0. The van der Waals surface area contributed by atoms with E-state index in [1.54, 1.807) is 0 Å². The SMILES string of the molecule is C=C(Br)CNS(=O)(=O)C1CCCC1. The molecule has 0 saturated heterocycles. The molecule has 0 spiro atoms. The molecule has 0 unspecified atom stereocenters. The first-order chi connectivity index (χ1) is 6.02. The van der Waals surface area contributed by atoms with Crippen LogP contribution in [0.1, 0.15) is 25.7 Å². The maximum Gasteiger partial charge on any atom is 0.214 e. The van der Waals surface area contributed by atoms with Crippen LogP contribution in [0.25, 0.3) is 0 Å². The molecule has 0 aliphatic heterocycles. The second-order valence-corrected chi connectivity index (χ2v) is 6.46. The van der Waals surface area contributed by atoms with Crippen molar-refractivity contribution in [1.29, 1.82) is 0 Å². The van der Waals surface area contributed by atoms with E-state index in [2.05, 4.69) is 27.2 Å². The van der Waals surface area contributed by atoms with E-state index in [0.717, 1.165) is 25.7 Å². The minimum Gasteiger partial charge on any atom is -0.212 e. The first-order valence-electron chi connectivity index (χ1n) is 4.34. The van der Waals surface area contributed by atoms with Gasteiger partial charge in [0.05, 0.1) is 5.25 Å². The van der Waals surface area contributed by atoms with E-state index in [0.29, 0.717) is 11.0 Å². The summed E-state index contributed by atoms with van der Waals surface area (Å²) in [6, 6.07) is 0. The van der Waals surface area contributed by atoms with E-state index < -0.39 is 10.0 Å². The summed E-state index contributed by atoms with van der Waals surface area (Å²) in [6.07, 6.45) is 3.65. The average Bonchev–Trinajstić information content (AvgIpc) is 2.53. The summed E-state index contributed by atoms with van der Waals surface area (Å²) in [4.78, 5) is 0. The monoisotopic (exact) mass is 267 g/mol. The van der Waals surface area contributed by atoms with Crippen molar-refractivity contribution in [1.82, 2.24) is 4.72 Å². The molecule has 3 nitrogen and oxygen atoms in total. The molecule has 1 fully saturated rings.